The van der Waals surface area contributed by atoms with Gasteiger partial charge in [0.1, 0.15) is 4.99 Å². The average Bonchev–Trinajstić information content (AvgIpc) is 2.77. The summed E-state index contributed by atoms with van der Waals surface area (Å²) in [6, 6.07) is 6.66. The van der Waals surface area contributed by atoms with Crippen molar-refractivity contribution >= 4 is 40.4 Å². The van der Waals surface area contributed by atoms with Crippen LogP contribution in [0.5, 0.6) is 0 Å². The lowest BCUT2D eigenvalue weighted by Gasteiger charge is -2.07. The van der Waals surface area contributed by atoms with Gasteiger partial charge in [-0.15, -0.1) is 0 Å². The standard InChI is InChI=1S/C13H11ClN2O2S/c1-7-4-5-18-11(7)13(17)16-10-3-2-8(12(15)19)6-9(10)14/h2-6H,1H3,(H2,15,19)(H,16,17). The molecule has 1 heterocycles. The van der Waals surface area contributed by atoms with Crippen LogP contribution in [0.25, 0.3) is 0 Å². The number of thiocarbonyl (C=S) groups is 1. The van der Waals surface area contributed by atoms with Crippen molar-refractivity contribution in [2.24, 2.45) is 5.73 Å². The summed E-state index contributed by atoms with van der Waals surface area (Å²) in [6.07, 6.45) is 1.46. The van der Waals surface area contributed by atoms with Gasteiger partial charge in [0, 0.05) is 11.1 Å². The van der Waals surface area contributed by atoms with Crippen LogP contribution in [0.1, 0.15) is 21.7 Å². The Labute approximate surface area is 120 Å². The van der Waals surface area contributed by atoms with Crippen molar-refractivity contribution in [2.75, 3.05) is 5.32 Å². The Kier molecular flexibility index (Phi) is 3.87. The van der Waals surface area contributed by atoms with E-state index in [9.17, 15) is 4.79 Å². The Hall–Kier alpha value is -1.85. The lowest BCUT2D eigenvalue weighted by molar-refractivity contribution is 0.0996. The molecule has 6 heteroatoms. The van der Waals surface area contributed by atoms with Crippen molar-refractivity contribution in [1.82, 2.24) is 0 Å². The molecular weight excluding hydrogens is 284 g/mol. The van der Waals surface area contributed by atoms with Gasteiger partial charge in [0.2, 0.25) is 0 Å². The molecule has 0 aliphatic heterocycles. The molecule has 98 valence electrons. The number of furan rings is 1. The Balaban J connectivity index is 2.23. The minimum Gasteiger partial charge on any atom is -0.459 e. The summed E-state index contributed by atoms with van der Waals surface area (Å²) in [5.41, 5.74) is 7.38. The number of carbonyl (C=O) groups is 1. The maximum atomic E-state index is 12.0. The van der Waals surface area contributed by atoms with Crippen LogP contribution in [-0.2, 0) is 0 Å². The highest BCUT2D eigenvalue weighted by Crippen LogP contribution is 2.24. The van der Waals surface area contributed by atoms with Crippen molar-refractivity contribution < 1.29 is 9.21 Å². The zero-order valence-electron chi connectivity index (χ0n) is 10.1. The van der Waals surface area contributed by atoms with Gasteiger partial charge in [0.25, 0.3) is 5.91 Å². The fraction of sp³-hybridized carbons (Fsp3) is 0.0769. The van der Waals surface area contributed by atoms with Crippen LogP contribution in [0.15, 0.2) is 34.9 Å². The molecule has 0 aliphatic carbocycles. The zero-order valence-corrected chi connectivity index (χ0v) is 11.6. The summed E-state index contributed by atoms with van der Waals surface area (Å²) < 4.78 is 5.10. The number of benzene rings is 1. The molecule has 0 aliphatic rings. The van der Waals surface area contributed by atoms with Gasteiger partial charge < -0.3 is 15.5 Å². The molecule has 0 spiro atoms. The zero-order chi connectivity index (χ0) is 14.0. The Morgan fingerprint density at radius 1 is 1.42 bits per heavy atom. The number of carbonyl (C=O) groups excluding carboxylic acids is 1. The predicted octanol–water partition coefficient (Wildman–Crippen LogP) is 3.13. The summed E-state index contributed by atoms with van der Waals surface area (Å²) in [5.74, 6) is -0.0954. The lowest BCUT2D eigenvalue weighted by atomic mass is 10.2. The van der Waals surface area contributed by atoms with E-state index >= 15 is 0 Å². The highest BCUT2D eigenvalue weighted by molar-refractivity contribution is 7.80. The highest BCUT2D eigenvalue weighted by Gasteiger charge is 2.14. The third-order valence-electron chi connectivity index (χ3n) is 2.57. The maximum absolute atomic E-state index is 12.0. The first kappa shape index (κ1) is 13.6. The average molecular weight is 295 g/mol. The normalized spacial score (nSPS) is 10.2. The number of halogens is 1. The third kappa shape index (κ3) is 2.94. The SMILES string of the molecule is Cc1ccoc1C(=O)Nc1ccc(C(N)=S)cc1Cl. The second-order valence-electron chi connectivity index (χ2n) is 3.95. The molecule has 0 saturated carbocycles. The van der Waals surface area contributed by atoms with Crippen molar-refractivity contribution in [3.8, 4) is 0 Å². The van der Waals surface area contributed by atoms with E-state index in [0.717, 1.165) is 5.56 Å². The van der Waals surface area contributed by atoms with Crippen LogP contribution < -0.4 is 11.1 Å². The van der Waals surface area contributed by atoms with Crippen LogP contribution in [0.2, 0.25) is 5.02 Å². The van der Waals surface area contributed by atoms with Crippen LogP contribution in [-0.4, -0.2) is 10.9 Å². The number of aryl methyl sites for hydroxylation is 1. The Morgan fingerprint density at radius 2 is 2.16 bits per heavy atom. The number of rotatable bonds is 3. The predicted molar refractivity (Wildman–Crippen MR) is 78.7 cm³/mol. The monoisotopic (exact) mass is 294 g/mol. The molecule has 1 aromatic heterocycles. The third-order valence-corrected chi connectivity index (χ3v) is 3.12. The van der Waals surface area contributed by atoms with Crippen LogP contribution in [0, 0.1) is 6.92 Å². The van der Waals surface area contributed by atoms with Gasteiger partial charge in [-0.2, -0.15) is 0 Å². The largest absolute Gasteiger partial charge is 0.459 e. The summed E-state index contributed by atoms with van der Waals surface area (Å²) in [7, 11) is 0. The van der Waals surface area contributed by atoms with Crippen LogP contribution in [0.4, 0.5) is 5.69 Å². The molecule has 0 bridgehead atoms. The second kappa shape index (κ2) is 5.42. The molecular formula is C13H11ClN2O2S. The highest BCUT2D eigenvalue weighted by atomic mass is 35.5. The van der Waals surface area contributed by atoms with Crippen LogP contribution in [0.3, 0.4) is 0 Å². The van der Waals surface area contributed by atoms with E-state index < -0.39 is 0 Å². The molecule has 0 atom stereocenters. The first-order chi connectivity index (χ1) is 8.99. The lowest BCUT2D eigenvalue weighted by Crippen LogP contribution is -2.13. The number of nitrogens with one attached hydrogen (secondary N) is 1. The molecule has 0 unspecified atom stereocenters. The topological polar surface area (TPSA) is 68.3 Å². The fourth-order valence-electron chi connectivity index (χ4n) is 1.55. The molecule has 0 fully saturated rings. The summed E-state index contributed by atoms with van der Waals surface area (Å²) in [4.78, 5) is 12.2. The summed E-state index contributed by atoms with van der Waals surface area (Å²) >= 11 is 10.9. The second-order valence-corrected chi connectivity index (χ2v) is 4.79. The van der Waals surface area contributed by atoms with Crippen molar-refractivity contribution in [3.05, 3.63) is 52.4 Å². The molecule has 3 N–H and O–H groups in total. The fourth-order valence-corrected chi connectivity index (χ4v) is 1.91. The van der Waals surface area contributed by atoms with Crippen molar-refractivity contribution in [3.63, 3.8) is 0 Å². The molecule has 1 aromatic carbocycles. The maximum Gasteiger partial charge on any atom is 0.291 e. The first-order valence-electron chi connectivity index (χ1n) is 5.44. The van der Waals surface area contributed by atoms with Gasteiger partial charge in [-0.1, -0.05) is 23.8 Å². The number of hydrogen-bond acceptors (Lipinski definition) is 3. The Bertz CT molecular complexity index is 652. The molecule has 0 saturated heterocycles. The van der Waals surface area contributed by atoms with E-state index in [-0.39, 0.29) is 16.7 Å². The number of nitrogens with two attached hydrogens (primary N) is 1. The summed E-state index contributed by atoms with van der Waals surface area (Å²) in [6.45, 7) is 1.79. The molecule has 1 amide bonds. The van der Waals surface area contributed by atoms with E-state index in [1.54, 1.807) is 31.2 Å². The molecule has 2 rings (SSSR count). The van der Waals surface area contributed by atoms with Gasteiger partial charge in [0.05, 0.1) is 17.0 Å². The number of anilines is 1. The van der Waals surface area contributed by atoms with E-state index in [4.69, 9.17) is 34.0 Å². The molecule has 0 radical (unpaired) electrons. The molecule has 2 aromatic rings. The number of hydrogen-bond donors (Lipinski definition) is 2. The minimum atomic E-state index is -0.354. The number of amides is 1. The smallest absolute Gasteiger partial charge is 0.291 e. The van der Waals surface area contributed by atoms with Gasteiger partial charge in [0.15, 0.2) is 5.76 Å². The Morgan fingerprint density at radius 3 is 2.68 bits per heavy atom. The van der Waals surface area contributed by atoms with E-state index in [1.807, 2.05) is 0 Å². The van der Waals surface area contributed by atoms with Gasteiger partial charge >= 0.3 is 0 Å². The van der Waals surface area contributed by atoms with Gasteiger partial charge in [-0.25, -0.2) is 0 Å². The van der Waals surface area contributed by atoms with Gasteiger partial charge in [-0.05, 0) is 31.2 Å². The van der Waals surface area contributed by atoms with E-state index in [1.165, 1.54) is 6.26 Å². The van der Waals surface area contributed by atoms with E-state index in [0.29, 0.717) is 16.3 Å². The minimum absolute atomic E-state index is 0.252. The quantitative estimate of drug-likeness (QED) is 0.854. The van der Waals surface area contributed by atoms with Crippen LogP contribution >= 0.6 is 23.8 Å². The van der Waals surface area contributed by atoms with E-state index in [2.05, 4.69) is 5.32 Å². The summed E-state index contributed by atoms with van der Waals surface area (Å²) in [5, 5.41) is 3.03. The van der Waals surface area contributed by atoms with Crippen molar-refractivity contribution in [2.45, 2.75) is 6.92 Å². The molecule has 4 nitrogen and oxygen atoms in total. The van der Waals surface area contributed by atoms with Crippen molar-refractivity contribution in [1.29, 1.82) is 0 Å². The van der Waals surface area contributed by atoms with Gasteiger partial charge in [-0.3, -0.25) is 4.79 Å². The molecule has 19 heavy (non-hydrogen) atoms. The first-order valence-corrected chi connectivity index (χ1v) is 6.22.